The Labute approximate surface area is 149 Å². The van der Waals surface area contributed by atoms with Crippen molar-refractivity contribution in [1.29, 1.82) is 0 Å². The van der Waals surface area contributed by atoms with Crippen LogP contribution >= 0.6 is 36.2 Å². The van der Waals surface area contributed by atoms with E-state index in [-0.39, 0.29) is 36.8 Å². The van der Waals surface area contributed by atoms with Crippen LogP contribution in [-0.4, -0.2) is 49.0 Å². The standard InChI is InChI=1S/C14H26N4OS.2ClH/c1-10(2)7-11(8-18(3)4)16-14(19)12-9-20-13(17-12)5-6-15;;/h9-11H,5-8,15H2,1-4H3,(H,16,19);2*1H. The number of halogens is 2. The molecule has 1 amide bonds. The molecule has 0 aliphatic heterocycles. The molecule has 0 aromatic carbocycles. The lowest BCUT2D eigenvalue weighted by molar-refractivity contribution is 0.0920. The minimum absolute atomic E-state index is 0. The largest absolute Gasteiger partial charge is 0.347 e. The van der Waals surface area contributed by atoms with E-state index in [1.807, 2.05) is 19.5 Å². The van der Waals surface area contributed by atoms with Crippen molar-refractivity contribution in [3.05, 3.63) is 16.1 Å². The first kappa shape index (κ1) is 23.9. The normalized spacial score (nSPS) is 11.8. The van der Waals surface area contributed by atoms with Crippen molar-refractivity contribution in [3.63, 3.8) is 0 Å². The van der Waals surface area contributed by atoms with Crippen molar-refractivity contribution in [1.82, 2.24) is 15.2 Å². The Hall–Kier alpha value is -0.400. The number of rotatable bonds is 8. The Morgan fingerprint density at radius 3 is 2.55 bits per heavy atom. The third-order valence-electron chi connectivity index (χ3n) is 2.82. The van der Waals surface area contributed by atoms with Gasteiger partial charge < -0.3 is 16.0 Å². The highest BCUT2D eigenvalue weighted by atomic mass is 35.5. The number of likely N-dealkylation sites (N-methyl/N-ethyl adjacent to an activating group) is 1. The van der Waals surface area contributed by atoms with Gasteiger partial charge in [0.15, 0.2) is 0 Å². The number of hydrogen-bond acceptors (Lipinski definition) is 5. The third-order valence-corrected chi connectivity index (χ3v) is 3.73. The van der Waals surface area contributed by atoms with Crippen molar-refractivity contribution in [2.75, 3.05) is 27.2 Å². The zero-order valence-corrected chi connectivity index (χ0v) is 16.1. The van der Waals surface area contributed by atoms with Gasteiger partial charge in [0.25, 0.3) is 5.91 Å². The van der Waals surface area contributed by atoms with E-state index in [0.29, 0.717) is 18.2 Å². The Morgan fingerprint density at radius 1 is 1.41 bits per heavy atom. The molecule has 0 spiro atoms. The average Bonchev–Trinajstić information content (AvgIpc) is 2.76. The van der Waals surface area contributed by atoms with Gasteiger partial charge in [-0.25, -0.2) is 4.98 Å². The van der Waals surface area contributed by atoms with E-state index in [4.69, 9.17) is 5.73 Å². The second-order valence-electron chi connectivity index (χ2n) is 5.73. The molecule has 1 aromatic rings. The Balaban J connectivity index is 0. The molecular formula is C14H28Cl2N4OS. The number of carbonyl (C=O) groups excluding carboxylic acids is 1. The molecule has 0 aliphatic carbocycles. The molecule has 0 saturated heterocycles. The van der Waals surface area contributed by atoms with E-state index in [9.17, 15) is 4.79 Å². The first-order valence-corrected chi connectivity index (χ1v) is 7.90. The van der Waals surface area contributed by atoms with Gasteiger partial charge in [0.1, 0.15) is 5.69 Å². The highest BCUT2D eigenvalue weighted by Crippen LogP contribution is 2.11. The van der Waals surface area contributed by atoms with Crippen LogP contribution in [0.15, 0.2) is 5.38 Å². The zero-order valence-electron chi connectivity index (χ0n) is 13.7. The van der Waals surface area contributed by atoms with E-state index in [1.165, 1.54) is 11.3 Å². The number of carbonyl (C=O) groups is 1. The van der Waals surface area contributed by atoms with Crippen molar-refractivity contribution in [3.8, 4) is 0 Å². The summed E-state index contributed by atoms with van der Waals surface area (Å²) in [6, 6.07) is 0.150. The summed E-state index contributed by atoms with van der Waals surface area (Å²) in [5.41, 5.74) is 6.00. The van der Waals surface area contributed by atoms with Gasteiger partial charge in [-0.2, -0.15) is 0 Å². The molecule has 1 atom stereocenters. The lowest BCUT2D eigenvalue weighted by Gasteiger charge is -2.23. The summed E-state index contributed by atoms with van der Waals surface area (Å²) < 4.78 is 0. The fourth-order valence-electron chi connectivity index (χ4n) is 2.10. The smallest absolute Gasteiger partial charge is 0.271 e. The third kappa shape index (κ3) is 8.90. The van der Waals surface area contributed by atoms with Crippen LogP contribution in [-0.2, 0) is 6.42 Å². The van der Waals surface area contributed by atoms with Crippen molar-refractivity contribution in [2.24, 2.45) is 11.7 Å². The van der Waals surface area contributed by atoms with Gasteiger partial charge in [-0.15, -0.1) is 36.2 Å². The lowest BCUT2D eigenvalue weighted by atomic mass is 10.0. The quantitative estimate of drug-likeness (QED) is 0.735. The van der Waals surface area contributed by atoms with Crippen molar-refractivity contribution < 1.29 is 4.79 Å². The molecule has 3 N–H and O–H groups in total. The van der Waals surface area contributed by atoms with Gasteiger partial charge in [0.05, 0.1) is 5.01 Å². The van der Waals surface area contributed by atoms with Gasteiger partial charge in [-0.05, 0) is 33.0 Å². The number of thiazole rings is 1. The maximum Gasteiger partial charge on any atom is 0.271 e. The van der Waals surface area contributed by atoms with Crippen LogP contribution in [0, 0.1) is 5.92 Å². The van der Waals surface area contributed by atoms with Gasteiger partial charge in [0, 0.05) is 24.4 Å². The number of nitrogens with one attached hydrogen (secondary N) is 1. The molecule has 0 fully saturated rings. The Bertz CT molecular complexity index is 417. The fraction of sp³-hybridized carbons (Fsp3) is 0.714. The summed E-state index contributed by atoms with van der Waals surface area (Å²) in [5.74, 6) is 0.459. The molecular weight excluding hydrogens is 343 g/mol. The number of aromatic nitrogens is 1. The van der Waals surface area contributed by atoms with Crippen molar-refractivity contribution in [2.45, 2.75) is 32.7 Å². The van der Waals surface area contributed by atoms with Crippen LogP contribution in [0.25, 0.3) is 0 Å². The molecule has 0 saturated carbocycles. The van der Waals surface area contributed by atoms with Gasteiger partial charge in [-0.1, -0.05) is 13.8 Å². The number of amides is 1. The minimum Gasteiger partial charge on any atom is -0.347 e. The maximum atomic E-state index is 12.2. The first-order valence-electron chi connectivity index (χ1n) is 7.02. The second kappa shape index (κ2) is 12.1. The van der Waals surface area contributed by atoms with Gasteiger partial charge >= 0.3 is 0 Å². The SMILES string of the molecule is CC(C)CC(CN(C)C)NC(=O)c1csc(CCN)n1.Cl.Cl. The summed E-state index contributed by atoms with van der Waals surface area (Å²) >= 11 is 1.49. The molecule has 1 rings (SSSR count). The maximum absolute atomic E-state index is 12.2. The van der Waals surface area contributed by atoms with Crippen LogP contribution < -0.4 is 11.1 Å². The molecule has 1 aromatic heterocycles. The molecule has 0 bridgehead atoms. The number of nitrogens with two attached hydrogens (primary N) is 1. The lowest BCUT2D eigenvalue weighted by Crippen LogP contribution is -2.42. The van der Waals surface area contributed by atoms with Crippen LogP contribution in [0.1, 0.15) is 35.8 Å². The predicted molar refractivity (Wildman–Crippen MR) is 98.6 cm³/mol. The summed E-state index contributed by atoms with van der Waals surface area (Å²) in [4.78, 5) is 18.6. The predicted octanol–water partition coefficient (Wildman–Crippen LogP) is 2.19. The Kier molecular flexibility index (Phi) is 13.1. The molecule has 130 valence electrons. The molecule has 1 unspecified atom stereocenters. The second-order valence-corrected chi connectivity index (χ2v) is 6.67. The van der Waals surface area contributed by atoms with E-state index >= 15 is 0 Å². The summed E-state index contributed by atoms with van der Waals surface area (Å²) in [6.45, 7) is 5.73. The molecule has 8 heteroatoms. The molecule has 0 aliphatic rings. The zero-order chi connectivity index (χ0) is 15.1. The van der Waals surface area contributed by atoms with Crippen LogP contribution in [0.3, 0.4) is 0 Å². The highest BCUT2D eigenvalue weighted by Gasteiger charge is 2.17. The number of hydrogen-bond donors (Lipinski definition) is 2. The van der Waals surface area contributed by atoms with Gasteiger partial charge in [0.2, 0.25) is 0 Å². The molecule has 5 nitrogen and oxygen atoms in total. The summed E-state index contributed by atoms with van der Waals surface area (Å²) in [7, 11) is 4.03. The topological polar surface area (TPSA) is 71.2 Å². The van der Waals surface area contributed by atoms with E-state index in [2.05, 4.69) is 29.0 Å². The molecule has 1 heterocycles. The van der Waals surface area contributed by atoms with E-state index in [1.54, 1.807) is 0 Å². The van der Waals surface area contributed by atoms with Crippen LogP contribution in [0.4, 0.5) is 0 Å². The fourth-order valence-corrected chi connectivity index (χ4v) is 2.90. The minimum atomic E-state index is -0.0861. The molecule has 0 radical (unpaired) electrons. The summed E-state index contributed by atoms with van der Waals surface area (Å²) in [6.07, 6.45) is 1.69. The number of nitrogens with zero attached hydrogens (tertiary/aromatic N) is 2. The van der Waals surface area contributed by atoms with Crippen LogP contribution in [0.5, 0.6) is 0 Å². The monoisotopic (exact) mass is 370 g/mol. The Morgan fingerprint density at radius 2 is 2.05 bits per heavy atom. The van der Waals surface area contributed by atoms with Crippen molar-refractivity contribution >= 4 is 42.1 Å². The first-order chi connectivity index (χ1) is 9.42. The highest BCUT2D eigenvalue weighted by molar-refractivity contribution is 7.09. The van der Waals surface area contributed by atoms with Crippen LogP contribution in [0.2, 0.25) is 0 Å². The van der Waals surface area contributed by atoms with E-state index in [0.717, 1.165) is 24.4 Å². The summed E-state index contributed by atoms with van der Waals surface area (Å²) in [5, 5.41) is 5.81. The van der Waals surface area contributed by atoms with E-state index < -0.39 is 0 Å². The average molecular weight is 371 g/mol. The van der Waals surface area contributed by atoms with Gasteiger partial charge in [-0.3, -0.25) is 4.79 Å². The molecule has 22 heavy (non-hydrogen) atoms.